The number of nitrogens with zero attached hydrogens (tertiary/aromatic N) is 6. The third kappa shape index (κ3) is 2.03. The summed E-state index contributed by atoms with van der Waals surface area (Å²) in [4.78, 5) is 20.5. The molecule has 1 aromatic carbocycles. The summed E-state index contributed by atoms with van der Waals surface area (Å²) in [7, 11) is 1.80. The number of non-ortho nitro benzene ring substituents is 1. The summed E-state index contributed by atoms with van der Waals surface area (Å²) in [5, 5.41) is 14.6. The highest BCUT2D eigenvalue weighted by atomic mass is 16.6. The van der Waals surface area contributed by atoms with Crippen molar-refractivity contribution in [3.05, 3.63) is 53.0 Å². The zero-order valence-corrected chi connectivity index (χ0v) is 10.5. The van der Waals surface area contributed by atoms with Gasteiger partial charge in [0, 0.05) is 30.9 Å². The maximum absolute atomic E-state index is 10.6. The molecule has 2 heterocycles. The summed E-state index contributed by atoms with van der Waals surface area (Å²) < 4.78 is 1.56. The van der Waals surface area contributed by atoms with Crippen LogP contribution < -0.4 is 4.90 Å². The fourth-order valence-electron chi connectivity index (χ4n) is 1.80. The molecule has 8 nitrogen and oxygen atoms in total. The van der Waals surface area contributed by atoms with Gasteiger partial charge in [-0.2, -0.15) is 10.1 Å². The van der Waals surface area contributed by atoms with E-state index in [2.05, 4.69) is 15.1 Å². The van der Waals surface area contributed by atoms with Gasteiger partial charge in [-0.3, -0.25) is 10.1 Å². The Bertz CT molecular complexity index is 767. The van der Waals surface area contributed by atoms with Crippen molar-refractivity contribution in [3.8, 4) is 0 Å². The molecule has 3 rings (SSSR count). The summed E-state index contributed by atoms with van der Waals surface area (Å²) >= 11 is 0. The van der Waals surface area contributed by atoms with Gasteiger partial charge in [0.2, 0.25) is 5.95 Å². The van der Waals surface area contributed by atoms with E-state index >= 15 is 0 Å². The lowest BCUT2D eigenvalue weighted by Gasteiger charge is -2.16. The van der Waals surface area contributed by atoms with E-state index in [-0.39, 0.29) is 5.69 Å². The van der Waals surface area contributed by atoms with Crippen LogP contribution in [0.4, 0.5) is 17.3 Å². The molecule has 2 aromatic heterocycles. The van der Waals surface area contributed by atoms with Gasteiger partial charge in [0.15, 0.2) is 5.65 Å². The number of hydrogen-bond acceptors (Lipinski definition) is 6. The van der Waals surface area contributed by atoms with Gasteiger partial charge in [-0.1, -0.05) is 0 Å². The topological polar surface area (TPSA) is 89.5 Å². The molecule has 0 aliphatic rings. The third-order valence-electron chi connectivity index (χ3n) is 2.89. The van der Waals surface area contributed by atoms with Gasteiger partial charge in [0.25, 0.3) is 5.69 Å². The van der Waals surface area contributed by atoms with Crippen LogP contribution in [-0.4, -0.2) is 31.6 Å². The first-order valence-electron chi connectivity index (χ1n) is 5.80. The van der Waals surface area contributed by atoms with E-state index in [1.165, 1.54) is 12.1 Å². The van der Waals surface area contributed by atoms with Crippen molar-refractivity contribution in [2.75, 3.05) is 11.9 Å². The number of anilines is 2. The molecule has 0 atom stereocenters. The Hall–Kier alpha value is -3.03. The number of aromatic nitrogens is 4. The molecule has 0 amide bonds. The second-order valence-electron chi connectivity index (χ2n) is 4.12. The van der Waals surface area contributed by atoms with Crippen molar-refractivity contribution in [2.24, 2.45) is 0 Å². The molecule has 100 valence electrons. The second-order valence-corrected chi connectivity index (χ2v) is 4.12. The molecule has 20 heavy (non-hydrogen) atoms. The Labute approximate surface area is 113 Å². The van der Waals surface area contributed by atoms with Gasteiger partial charge in [-0.25, -0.2) is 9.50 Å². The van der Waals surface area contributed by atoms with Crippen LogP contribution in [0.15, 0.2) is 42.9 Å². The van der Waals surface area contributed by atoms with Crippen LogP contribution in [0.2, 0.25) is 0 Å². The van der Waals surface area contributed by atoms with Gasteiger partial charge in [0.05, 0.1) is 11.1 Å². The van der Waals surface area contributed by atoms with Crippen LogP contribution in [-0.2, 0) is 0 Å². The maximum Gasteiger partial charge on any atom is 0.269 e. The summed E-state index contributed by atoms with van der Waals surface area (Å²) in [6.07, 6.45) is 3.21. The molecule has 0 aliphatic carbocycles. The van der Waals surface area contributed by atoms with E-state index < -0.39 is 4.92 Å². The predicted molar refractivity (Wildman–Crippen MR) is 71.9 cm³/mol. The van der Waals surface area contributed by atoms with Crippen LogP contribution >= 0.6 is 0 Å². The zero-order valence-electron chi connectivity index (χ0n) is 10.5. The highest BCUT2D eigenvalue weighted by Gasteiger charge is 2.10. The minimum atomic E-state index is -0.432. The lowest BCUT2D eigenvalue weighted by atomic mass is 10.3. The molecule has 0 saturated heterocycles. The van der Waals surface area contributed by atoms with Crippen LogP contribution in [0, 0.1) is 10.1 Å². The minimum Gasteiger partial charge on any atom is -0.314 e. The van der Waals surface area contributed by atoms with Crippen molar-refractivity contribution < 1.29 is 4.92 Å². The number of nitro benzene ring substituents is 1. The molecule has 3 aromatic rings. The van der Waals surface area contributed by atoms with Gasteiger partial charge in [-0.15, -0.1) is 0 Å². The summed E-state index contributed by atoms with van der Waals surface area (Å²) in [6, 6.07) is 7.98. The summed E-state index contributed by atoms with van der Waals surface area (Å²) in [6.45, 7) is 0. The van der Waals surface area contributed by atoms with Crippen molar-refractivity contribution >= 4 is 23.0 Å². The molecule has 8 heteroatoms. The molecular weight excluding hydrogens is 260 g/mol. The first-order chi connectivity index (χ1) is 9.65. The summed E-state index contributed by atoms with van der Waals surface area (Å²) in [5.74, 6) is 0.492. The standard InChI is InChI=1S/C12H10N6O2/c1-16(9-2-4-10(5-3-9)18(19)20)12-13-8-17-11(15-12)6-7-14-17/h2-8H,1H3. The molecule has 0 saturated carbocycles. The number of fused-ring (bicyclic) bond motifs is 1. The highest BCUT2D eigenvalue weighted by Crippen LogP contribution is 2.22. The Balaban J connectivity index is 1.94. The first-order valence-corrected chi connectivity index (χ1v) is 5.80. The van der Waals surface area contributed by atoms with Gasteiger partial charge >= 0.3 is 0 Å². The van der Waals surface area contributed by atoms with Gasteiger partial charge < -0.3 is 4.90 Å². The Morgan fingerprint density at radius 3 is 2.70 bits per heavy atom. The molecule has 0 aliphatic heterocycles. The van der Waals surface area contributed by atoms with Crippen LogP contribution in [0.5, 0.6) is 0 Å². The normalized spacial score (nSPS) is 10.7. The number of nitro groups is 1. The lowest BCUT2D eigenvalue weighted by Crippen LogP contribution is -2.13. The SMILES string of the molecule is CN(c1ccc([N+](=O)[O-])cc1)c1ncn2nccc2n1. The molecule has 0 fully saturated rings. The molecular formula is C12H10N6O2. The largest absolute Gasteiger partial charge is 0.314 e. The van der Waals surface area contributed by atoms with Crippen molar-refractivity contribution in [1.82, 2.24) is 19.6 Å². The maximum atomic E-state index is 10.6. The van der Waals surface area contributed by atoms with E-state index in [1.807, 2.05) is 0 Å². The van der Waals surface area contributed by atoms with E-state index in [0.717, 1.165) is 5.69 Å². The van der Waals surface area contributed by atoms with Crippen molar-refractivity contribution in [2.45, 2.75) is 0 Å². The monoisotopic (exact) mass is 270 g/mol. The van der Waals surface area contributed by atoms with Gasteiger partial charge in [0.1, 0.15) is 6.33 Å². The van der Waals surface area contributed by atoms with Crippen LogP contribution in [0.25, 0.3) is 5.65 Å². The minimum absolute atomic E-state index is 0.0503. The lowest BCUT2D eigenvalue weighted by molar-refractivity contribution is -0.384. The van der Waals surface area contributed by atoms with Crippen molar-refractivity contribution in [1.29, 1.82) is 0 Å². The third-order valence-corrected chi connectivity index (χ3v) is 2.89. The molecule has 0 radical (unpaired) electrons. The van der Waals surface area contributed by atoms with E-state index in [0.29, 0.717) is 11.6 Å². The zero-order chi connectivity index (χ0) is 14.1. The van der Waals surface area contributed by atoms with Gasteiger partial charge in [-0.05, 0) is 12.1 Å². The fourth-order valence-corrected chi connectivity index (χ4v) is 1.80. The average molecular weight is 270 g/mol. The Morgan fingerprint density at radius 1 is 1.25 bits per heavy atom. The van der Waals surface area contributed by atoms with E-state index in [4.69, 9.17) is 0 Å². The molecule has 0 N–H and O–H groups in total. The first kappa shape index (κ1) is 12.0. The Morgan fingerprint density at radius 2 is 2.00 bits per heavy atom. The fraction of sp³-hybridized carbons (Fsp3) is 0.0833. The van der Waals surface area contributed by atoms with E-state index in [9.17, 15) is 10.1 Å². The highest BCUT2D eigenvalue weighted by molar-refractivity contribution is 5.59. The quantitative estimate of drug-likeness (QED) is 0.532. The average Bonchev–Trinajstić information content (AvgIpc) is 2.94. The summed E-state index contributed by atoms with van der Waals surface area (Å²) in [5.41, 5.74) is 1.50. The van der Waals surface area contributed by atoms with Crippen LogP contribution in [0.3, 0.4) is 0 Å². The van der Waals surface area contributed by atoms with Crippen molar-refractivity contribution in [3.63, 3.8) is 0 Å². The van der Waals surface area contributed by atoms with Crippen LogP contribution in [0.1, 0.15) is 0 Å². The van der Waals surface area contributed by atoms with E-state index in [1.54, 1.807) is 47.2 Å². The molecule has 0 unspecified atom stereocenters. The second kappa shape index (κ2) is 4.57. The predicted octanol–water partition coefficient (Wildman–Crippen LogP) is 1.80. The molecule has 0 bridgehead atoms. The number of hydrogen-bond donors (Lipinski definition) is 0. The molecule has 0 spiro atoms. The Kier molecular flexibility index (Phi) is 2.75. The number of benzene rings is 1. The number of rotatable bonds is 3. The smallest absolute Gasteiger partial charge is 0.269 e.